The zero-order valence-electron chi connectivity index (χ0n) is 21.0. The number of phenolic OH excluding ortho intramolecular Hbond substituents is 2. The predicted molar refractivity (Wildman–Crippen MR) is 148 cm³/mol. The van der Waals surface area contributed by atoms with Crippen LogP contribution in [0.2, 0.25) is 0 Å². The van der Waals surface area contributed by atoms with Gasteiger partial charge in [0.25, 0.3) is 0 Å². The zero-order valence-corrected chi connectivity index (χ0v) is 24.2. The van der Waals surface area contributed by atoms with Gasteiger partial charge in [-0.1, -0.05) is 65.6 Å². The number of cyclic esters (lactones) is 1. The van der Waals surface area contributed by atoms with Crippen molar-refractivity contribution in [1.29, 1.82) is 0 Å². The van der Waals surface area contributed by atoms with Crippen molar-refractivity contribution in [3.8, 4) is 11.5 Å². The molecule has 1 aliphatic rings. The van der Waals surface area contributed by atoms with Gasteiger partial charge in [-0.2, -0.15) is 0 Å². The molecule has 0 aromatic heterocycles. The number of carbonyl (C=O) groups is 2. The molecular weight excluding hydrogens is 604 g/mol. The number of aromatic carboxylic acids is 1. The number of esters is 1. The number of carbonyl (C=O) groups excluding carboxylic acids is 1. The molecule has 0 fully saturated rings. The van der Waals surface area contributed by atoms with Gasteiger partial charge in [0.05, 0.1) is 11.1 Å². The average molecular weight is 632 g/mol. The number of aromatic hydroxyl groups is 2. The fourth-order valence-corrected chi connectivity index (χ4v) is 7.29. The first-order chi connectivity index (χ1) is 17.6. The van der Waals surface area contributed by atoms with E-state index in [0.29, 0.717) is 51.3 Å². The van der Waals surface area contributed by atoms with Crippen LogP contribution in [0.4, 0.5) is 0 Å². The molecule has 4 rings (SSSR count). The molecule has 0 saturated carbocycles. The van der Waals surface area contributed by atoms with Gasteiger partial charge in [-0.15, -0.1) is 0 Å². The Morgan fingerprint density at radius 1 is 0.784 bits per heavy atom. The van der Waals surface area contributed by atoms with E-state index in [4.69, 9.17) is 4.74 Å². The summed E-state index contributed by atoms with van der Waals surface area (Å²) in [4.78, 5) is 25.1. The van der Waals surface area contributed by atoms with E-state index in [9.17, 15) is 24.9 Å². The summed E-state index contributed by atoms with van der Waals surface area (Å²) in [5.74, 6) is -1.70. The van der Waals surface area contributed by atoms with E-state index in [-0.39, 0.29) is 22.6 Å². The highest BCUT2D eigenvalue weighted by Crippen LogP contribution is 2.54. The van der Waals surface area contributed by atoms with Gasteiger partial charge in [0.15, 0.2) is 5.60 Å². The number of phenols is 2. The maximum Gasteiger partial charge on any atom is 0.340 e. The smallest absolute Gasteiger partial charge is 0.340 e. The number of rotatable bonds is 7. The van der Waals surface area contributed by atoms with Gasteiger partial charge in [0.1, 0.15) is 11.5 Å². The SMILES string of the molecule is CCc1c(O)cc(C2(c3cc(O)c(CC)c(CC)c3Br)OC(=O)c3cc(C(=O)O)ccc32)c(Br)c1CC. The van der Waals surface area contributed by atoms with Gasteiger partial charge in [0, 0.05) is 25.6 Å². The molecule has 0 radical (unpaired) electrons. The van der Waals surface area contributed by atoms with Gasteiger partial charge >= 0.3 is 11.9 Å². The van der Waals surface area contributed by atoms with E-state index in [2.05, 4.69) is 31.9 Å². The lowest BCUT2D eigenvalue weighted by Crippen LogP contribution is -2.31. The summed E-state index contributed by atoms with van der Waals surface area (Å²) in [6, 6.07) is 7.51. The third-order valence-electron chi connectivity index (χ3n) is 7.20. The Bertz CT molecular complexity index is 1380. The van der Waals surface area contributed by atoms with E-state index in [1.807, 2.05) is 27.7 Å². The van der Waals surface area contributed by atoms with E-state index >= 15 is 0 Å². The topological polar surface area (TPSA) is 104 Å². The molecule has 6 nitrogen and oxygen atoms in total. The lowest BCUT2D eigenvalue weighted by molar-refractivity contribution is 0.0245. The van der Waals surface area contributed by atoms with Crippen LogP contribution in [0.5, 0.6) is 11.5 Å². The molecule has 0 aliphatic carbocycles. The van der Waals surface area contributed by atoms with Gasteiger partial charge in [-0.25, -0.2) is 9.59 Å². The fourth-order valence-electron chi connectivity index (χ4n) is 5.46. The highest BCUT2D eigenvalue weighted by atomic mass is 79.9. The minimum absolute atomic E-state index is 0.0403. The van der Waals surface area contributed by atoms with Crippen LogP contribution in [0.15, 0.2) is 39.3 Å². The largest absolute Gasteiger partial charge is 0.508 e. The Kier molecular flexibility index (Phi) is 7.45. The molecule has 1 aliphatic heterocycles. The van der Waals surface area contributed by atoms with Crippen LogP contribution >= 0.6 is 31.9 Å². The first-order valence-electron chi connectivity index (χ1n) is 12.3. The van der Waals surface area contributed by atoms with Crippen LogP contribution in [0, 0.1) is 0 Å². The summed E-state index contributed by atoms with van der Waals surface area (Å²) in [6.07, 6.45) is 2.44. The van der Waals surface area contributed by atoms with Crippen molar-refractivity contribution in [2.45, 2.75) is 59.0 Å². The van der Waals surface area contributed by atoms with Crippen molar-refractivity contribution >= 4 is 43.8 Å². The summed E-state index contributed by atoms with van der Waals surface area (Å²) >= 11 is 7.50. The van der Waals surface area contributed by atoms with Crippen molar-refractivity contribution in [3.05, 3.63) is 89.3 Å². The molecule has 37 heavy (non-hydrogen) atoms. The van der Waals surface area contributed by atoms with Crippen molar-refractivity contribution in [2.75, 3.05) is 0 Å². The van der Waals surface area contributed by atoms with Crippen molar-refractivity contribution in [3.63, 3.8) is 0 Å². The number of benzene rings is 3. The summed E-state index contributed by atoms with van der Waals surface area (Å²) < 4.78 is 7.58. The lowest BCUT2D eigenvalue weighted by Gasteiger charge is -2.34. The number of ether oxygens (including phenoxy) is 1. The minimum atomic E-state index is -1.57. The predicted octanol–water partition coefficient (Wildman–Crippen LogP) is 7.03. The van der Waals surface area contributed by atoms with Crippen LogP contribution < -0.4 is 0 Å². The van der Waals surface area contributed by atoms with E-state index in [0.717, 1.165) is 22.3 Å². The summed E-state index contributed by atoms with van der Waals surface area (Å²) in [5.41, 5.74) is 3.25. The Balaban J connectivity index is 2.21. The molecule has 1 heterocycles. The highest BCUT2D eigenvalue weighted by Gasteiger charge is 2.52. The first-order valence-corrected chi connectivity index (χ1v) is 13.8. The van der Waals surface area contributed by atoms with Crippen LogP contribution in [-0.2, 0) is 36.0 Å². The van der Waals surface area contributed by atoms with Crippen LogP contribution in [0.25, 0.3) is 0 Å². The molecule has 3 aromatic carbocycles. The Morgan fingerprint density at radius 3 is 1.65 bits per heavy atom. The number of hydrogen-bond donors (Lipinski definition) is 3. The third kappa shape index (κ3) is 4.05. The summed E-state index contributed by atoms with van der Waals surface area (Å²) in [7, 11) is 0. The van der Waals surface area contributed by atoms with Gasteiger partial charge in [-0.3, -0.25) is 0 Å². The van der Waals surface area contributed by atoms with Gasteiger partial charge < -0.3 is 20.1 Å². The maximum atomic E-state index is 13.4. The zero-order chi connectivity index (χ0) is 27.2. The molecule has 3 N–H and O–H groups in total. The number of carboxylic acids is 1. The standard InChI is InChI=1S/C29H28Br2O6/c1-5-15-17(7-3)25(30)21(12-23(15)32)29(22-13-24(33)16(6-2)18(8-4)26(22)31)20-10-9-14(27(34)35)11-19(20)28(36)37-29/h9-13,32-33H,5-8H2,1-4H3,(H,34,35). The number of carboxylic acid groups (broad SMARTS) is 1. The number of fused-ring (bicyclic) bond motifs is 1. The van der Waals surface area contributed by atoms with Crippen LogP contribution in [0.3, 0.4) is 0 Å². The Hall–Kier alpha value is -2.84. The van der Waals surface area contributed by atoms with E-state index in [1.54, 1.807) is 18.2 Å². The monoisotopic (exact) mass is 630 g/mol. The second-order valence-corrected chi connectivity index (χ2v) is 10.6. The molecule has 0 saturated heterocycles. The molecule has 0 amide bonds. The van der Waals surface area contributed by atoms with Crippen LogP contribution in [-0.4, -0.2) is 27.3 Å². The molecule has 194 valence electrons. The highest BCUT2D eigenvalue weighted by molar-refractivity contribution is 9.11. The molecule has 0 atom stereocenters. The second-order valence-electron chi connectivity index (χ2n) is 8.98. The molecule has 8 heteroatoms. The van der Waals surface area contributed by atoms with Crippen molar-refractivity contribution in [2.24, 2.45) is 0 Å². The molecule has 0 bridgehead atoms. The molecular formula is C29H28Br2O6. The molecule has 0 unspecified atom stereocenters. The van der Waals surface area contributed by atoms with E-state index < -0.39 is 17.5 Å². The van der Waals surface area contributed by atoms with E-state index in [1.165, 1.54) is 12.1 Å². The molecule has 0 spiro atoms. The maximum absolute atomic E-state index is 13.4. The van der Waals surface area contributed by atoms with Gasteiger partial charge in [0.2, 0.25) is 0 Å². The quantitative estimate of drug-likeness (QED) is 0.242. The number of halogens is 2. The summed E-state index contributed by atoms with van der Waals surface area (Å²) in [6.45, 7) is 7.88. The average Bonchev–Trinajstić information content (AvgIpc) is 3.17. The van der Waals surface area contributed by atoms with Crippen molar-refractivity contribution < 1.29 is 29.6 Å². The molecule has 3 aromatic rings. The Morgan fingerprint density at radius 2 is 1.24 bits per heavy atom. The minimum Gasteiger partial charge on any atom is -0.508 e. The second kappa shape index (κ2) is 10.1. The fraction of sp³-hybridized carbons (Fsp3) is 0.310. The third-order valence-corrected chi connectivity index (χ3v) is 9.01. The number of hydrogen-bond acceptors (Lipinski definition) is 5. The van der Waals surface area contributed by atoms with Crippen LogP contribution in [0.1, 0.15) is 87.4 Å². The Labute approximate surface area is 232 Å². The summed E-state index contributed by atoms with van der Waals surface area (Å²) in [5, 5.41) is 31.7. The van der Waals surface area contributed by atoms with Gasteiger partial charge in [-0.05, 0) is 72.2 Å². The lowest BCUT2D eigenvalue weighted by atomic mass is 9.77. The normalized spacial score (nSPS) is 13.9. The van der Waals surface area contributed by atoms with Crippen molar-refractivity contribution in [1.82, 2.24) is 0 Å². The first kappa shape index (κ1) is 27.2.